The predicted molar refractivity (Wildman–Crippen MR) is 120 cm³/mol. The number of carbonyl (C=O) groups excluding carboxylic acids is 1. The van der Waals surface area contributed by atoms with Crippen LogP contribution in [0.2, 0.25) is 10.2 Å². The van der Waals surface area contributed by atoms with Gasteiger partial charge in [0.1, 0.15) is 5.15 Å². The van der Waals surface area contributed by atoms with Crippen molar-refractivity contribution in [1.29, 1.82) is 0 Å². The third kappa shape index (κ3) is 5.08. The molecule has 2 atom stereocenters. The van der Waals surface area contributed by atoms with Gasteiger partial charge in [-0.15, -0.1) is 0 Å². The minimum atomic E-state index is -5.02. The summed E-state index contributed by atoms with van der Waals surface area (Å²) < 4.78 is 46.9. The summed E-state index contributed by atoms with van der Waals surface area (Å²) in [6.07, 6.45) is -3.92. The van der Waals surface area contributed by atoms with Gasteiger partial charge in [-0.3, -0.25) is 0 Å². The molecule has 3 aromatic rings. The van der Waals surface area contributed by atoms with Crippen molar-refractivity contribution in [2.45, 2.75) is 24.6 Å². The maximum absolute atomic E-state index is 14.1. The van der Waals surface area contributed by atoms with Crippen molar-refractivity contribution in [2.75, 3.05) is 12.4 Å². The number of halogens is 5. The van der Waals surface area contributed by atoms with E-state index in [-0.39, 0.29) is 15.7 Å². The molecule has 0 aliphatic heterocycles. The van der Waals surface area contributed by atoms with Gasteiger partial charge in [-0.05, 0) is 59.7 Å². The van der Waals surface area contributed by atoms with Crippen molar-refractivity contribution in [1.82, 2.24) is 4.98 Å². The van der Waals surface area contributed by atoms with Gasteiger partial charge in [0.2, 0.25) is 0 Å². The molecule has 0 aliphatic carbocycles. The molecule has 3 rings (SSSR count). The molecule has 0 saturated carbocycles. The molecule has 33 heavy (non-hydrogen) atoms. The van der Waals surface area contributed by atoms with Crippen LogP contribution in [-0.4, -0.2) is 29.3 Å². The highest BCUT2D eigenvalue weighted by Crippen LogP contribution is 2.50. The first-order chi connectivity index (χ1) is 15.5. The molecule has 10 heteroatoms. The fraction of sp³-hybridized carbons (Fsp3) is 0.217. The van der Waals surface area contributed by atoms with Crippen LogP contribution in [0.3, 0.4) is 0 Å². The summed E-state index contributed by atoms with van der Waals surface area (Å²) in [4.78, 5) is 15.2. The smallest absolute Gasteiger partial charge is 0.422 e. The molecular weight excluding hydrogens is 480 g/mol. The fourth-order valence-electron chi connectivity index (χ4n) is 3.45. The molecule has 0 amide bonds. The van der Waals surface area contributed by atoms with Gasteiger partial charge in [0.05, 0.1) is 12.7 Å². The molecule has 2 N–H and O–H groups in total. The van der Waals surface area contributed by atoms with Gasteiger partial charge in [0.25, 0.3) is 0 Å². The number of rotatable bonds is 6. The Morgan fingerprint density at radius 1 is 1.06 bits per heavy atom. The molecule has 0 radical (unpaired) electrons. The zero-order valence-electron chi connectivity index (χ0n) is 17.5. The van der Waals surface area contributed by atoms with Crippen LogP contribution in [0.1, 0.15) is 34.3 Å². The van der Waals surface area contributed by atoms with Crippen LogP contribution in [0.4, 0.5) is 24.5 Å². The number of hydrogen-bond acceptors (Lipinski definition) is 5. The molecule has 0 bridgehead atoms. The van der Waals surface area contributed by atoms with E-state index in [2.05, 4.69) is 15.0 Å². The van der Waals surface area contributed by atoms with Gasteiger partial charge in [0.15, 0.2) is 5.60 Å². The van der Waals surface area contributed by atoms with E-state index in [1.54, 1.807) is 30.3 Å². The van der Waals surface area contributed by atoms with E-state index in [0.717, 1.165) is 18.3 Å². The highest BCUT2D eigenvalue weighted by molar-refractivity contribution is 6.31. The Morgan fingerprint density at radius 3 is 2.24 bits per heavy atom. The second kappa shape index (κ2) is 9.59. The first kappa shape index (κ1) is 24.8. The number of pyridine rings is 1. The standard InChI is InChI=1S/C23H19Cl2F3N2O3/c1-13(22(32,23(26,27)28)15-9-10-29-20(25)11-15)18-8-7-17(12-19(18)24)30-16-5-3-14(4-6-16)21(31)33-2/h3-13,30,32H,1-2H3. The van der Waals surface area contributed by atoms with Gasteiger partial charge >= 0.3 is 12.1 Å². The largest absolute Gasteiger partial charge is 0.465 e. The summed E-state index contributed by atoms with van der Waals surface area (Å²) in [5.41, 5.74) is -2.10. The van der Waals surface area contributed by atoms with Crippen molar-refractivity contribution in [2.24, 2.45) is 0 Å². The van der Waals surface area contributed by atoms with Gasteiger partial charge in [0, 0.05) is 28.5 Å². The Kier molecular flexibility index (Phi) is 7.21. The number of hydrogen-bond donors (Lipinski definition) is 2. The number of ether oxygens (including phenoxy) is 1. The lowest BCUT2D eigenvalue weighted by molar-refractivity contribution is -0.274. The van der Waals surface area contributed by atoms with Crippen molar-refractivity contribution in [3.63, 3.8) is 0 Å². The number of nitrogens with zero attached hydrogens (tertiary/aromatic N) is 1. The molecule has 1 heterocycles. The van der Waals surface area contributed by atoms with Crippen LogP contribution in [0, 0.1) is 0 Å². The molecule has 0 saturated heterocycles. The number of methoxy groups -OCH3 is 1. The van der Waals surface area contributed by atoms with Crippen molar-refractivity contribution < 1.29 is 27.8 Å². The third-order valence-corrected chi connectivity index (χ3v) is 5.82. The summed E-state index contributed by atoms with van der Waals surface area (Å²) >= 11 is 12.1. The molecule has 5 nitrogen and oxygen atoms in total. The quantitative estimate of drug-likeness (QED) is 0.301. The first-order valence-electron chi connectivity index (χ1n) is 9.63. The lowest BCUT2D eigenvalue weighted by Gasteiger charge is -2.37. The van der Waals surface area contributed by atoms with Crippen molar-refractivity contribution in [3.05, 3.63) is 87.7 Å². The Balaban J connectivity index is 1.91. The normalized spacial score (nSPS) is 14.3. The molecule has 0 aliphatic rings. The first-order valence-corrected chi connectivity index (χ1v) is 10.4. The molecule has 0 spiro atoms. The summed E-state index contributed by atoms with van der Waals surface area (Å²) in [6.45, 7) is 1.24. The molecule has 2 unspecified atom stereocenters. The molecular formula is C23H19Cl2F3N2O3. The van der Waals surface area contributed by atoms with Crippen LogP contribution in [0.5, 0.6) is 0 Å². The van der Waals surface area contributed by atoms with Crippen LogP contribution < -0.4 is 5.32 Å². The number of anilines is 2. The maximum Gasteiger partial charge on any atom is 0.422 e. The topological polar surface area (TPSA) is 71.5 Å². The Labute approximate surface area is 198 Å². The summed E-state index contributed by atoms with van der Waals surface area (Å²) in [5, 5.41) is 13.8. The number of esters is 1. The number of alkyl halides is 3. The molecule has 2 aromatic carbocycles. The van der Waals surface area contributed by atoms with Gasteiger partial charge in [-0.25, -0.2) is 9.78 Å². The average molecular weight is 499 g/mol. The van der Waals surface area contributed by atoms with Gasteiger partial charge in [-0.1, -0.05) is 36.2 Å². The Bertz CT molecular complexity index is 1160. The predicted octanol–water partition coefficient (Wildman–Crippen LogP) is 6.47. The van der Waals surface area contributed by atoms with Gasteiger partial charge in [-0.2, -0.15) is 13.2 Å². The second-order valence-corrected chi connectivity index (χ2v) is 8.08. The lowest BCUT2D eigenvalue weighted by atomic mass is 9.78. The van der Waals surface area contributed by atoms with Crippen molar-refractivity contribution in [3.8, 4) is 0 Å². The minimum Gasteiger partial charge on any atom is -0.465 e. The second-order valence-electron chi connectivity index (χ2n) is 7.28. The van der Waals surface area contributed by atoms with Crippen LogP contribution >= 0.6 is 23.2 Å². The third-order valence-electron chi connectivity index (χ3n) is 5.29. The average Bonchev–Trinajstić information content (AvgIpc) is 2.77. The maximum atomic E-state index is 14.1. The van der Waals surface area contributed by atoms with Crippen LogP contribution in [-0.2, 0) is 10.3 Å². The molecule has 1 aromatic heterocycles. The van der Waals surface area contributed by atoms with E-state index in [1.165, 1.54) is 26.2 Å². The van der Waals surface area contributed by atoms with Crippen molar-refractivity contribution >= 4 is 40.5 Å². The summed E-state index contributed by atoms with van der Waals surface area (Å²) in [5.74, 6) is -1.94. The SMILES string of the molecule is COC(=O)c1ccc(Nc2ccc(C(C)C(O)(c3ccnc(Cl)c3)C(F)(F)F)c(Cl)c2)cc1. The molecule has 0 fully saturated rings. The lowest BCUT2D eigenvalue weighted by Crippen LogP contribution is -2.46. The Hall–Kier alpha value is -2.81. The Morgan fingerprint density at radius 2 is 1.70 bits per heavy atom. The summed E-state index contributed by atoms with van der Waals surface area (Å²) in [6, 6.07) is 12.9. The number of aromatic nitrogens is 1. The highest BCUT2D eigenvalue weighted by atomic mass is 35.5. The van der Waals surface area contributed by atoms with E-state index >= 15 is 0 Å². The fourth-order valence-corrected chi connectivity index (χ4v) is 3.97. The van der Waals surface area contributed by atoms with Crippen LogP contribution in [0.15, 0.2) is 60.8 Å². The van der Waals surface area contributed by atoms with E-state index in [4.69, 9.17) is 23.2 Å². The highest BCUT2D eigenvalue weighted by Gasteiger charge is 2.59. The number of benzene rings is 2. The van der Waals surface area contributed by atoms with Crippen LogP contribution in [0.25, 0.3) is 0 Å². The van der Waals surface area contributed by atoms with E-state index in [0.29, 0.717) is 16.9 Å². The summed E-state index contributed by atoms with van der Waals surface area (Å²) in [7, 11) is 1.28. The number of aliphatic hydroxyl groups is 1. The zero-order valence-corrected chi connectivity index (χ0v) is 19.0. The van der Waals surface area contributed by atoms with E-state index < -0.39 is 29.2 Å². The number of nitrogens with one attached hydrogen (secondary N) is 1. The number of carbonyl (C=O) groups is 1. The monoisotopic (exact) mass is 498 g/mol. The van der Waals surface area contributed by atoms with Gasteiger partial charge < -0.3 is 15.2 Å². The zero-order chi connectivity index (χ0) is 24.4. The minimum absolute atomic E-state index is 0.0292. The molecule has 174 valence electrons. The van der Waals surface area contributed by atoms with E-state index in [9.17, 15) is 23.1 Å². The van der Waals surface area contributed by atoms with E-state index in [1.807, 2.05) is 0 Å².